The third-order valence-electron chi connectivity index (χ3n) is 2.63. The molecule has 20 heavy (non-hydrogen) atoms. The van der Waals surface area contributed by atoms with Crippen molar-refractivity contribution >= 4 is 17.2 Å². The fourth-order valence-corrected chi connectivity index (χ4v) is 2.27. The first-order valence-electron chi connectivity index (χ1n) is 5.62. The number of aliphatic hydroxyl groups excluding tert-OH is 1. The van der Waals surface area contributed by atoms with Gasteiger partial charge >= 0.3 is 0 Å². The lowest BCUT2D eigenvalue weighted by Crippen LogP contribution is -2.28. The maximum absolute atomic E-state index is 13.0. The van der Waals surface area contributed by atoms with Gasteiger partial charge in [-0.15, -0.1) is 0 Å². The summed E-state index contributed by atoms with van der Waals surface area (Å²) in [7, 11) is 0. The van der Waals surface area contributed by atoms with Crippen LogP contribution in [0.5, 0.6) is 0 Å². The summed E-state index contributed by atoms with van der Waals surface area (Å²) >= 11 is 1.39. The van der Waals surface area contributed by atoms with Crippen LogP contribution in [-0.2, 0) is 0 Å². The van der Waals surface area contributed by atoms with E-state index in [-0.39, 0.29) is 12.1 Å². The lowest BCUT2D eigenvalue weighted by atomic mass is 10.1. The molecule has 2 N–H and O–H groups in total. The smallest absolute Gasteiger partial charge is 0.251 e. The van der Waals surface area contributed by atoms with Gasteiger partial charge in [-0.25, -0.2) is 13.2 Å². The molecule has 2 rings (SSSR count). The van der Waals surface area contributed by atoms with Crippen LogP contribution in [0.3, 0.4) is 0 Å². The number of carbonyl (C=O) groups excluding carboxylic acids is 1. The van der Waals surface area contributed by atoms with E-state index < -0.39 is 29.5 Å². The molecule has 0 spiro atoms. The predicted octanol–water partition coefficient (Wildman–Crippen LogP) is 2.63. The summed E-state index contributed by atoms with van der Waals surface area (Å²) in [4.78, 5) is 11.7. The molecule has 1 aromatic heterocycles. The van der Waals surface area contributed by atoms with E-state index in [4.69, 9.17) is 0 Å². The highest BCUT2D eigenvalue weighted by Crippen LogP contribution is 2.16. The second kappa shape index (κ2) is 6.06. The predicted molar refractivity (Wildman–Crippen MR) is 67.9 cm³/mol. The van der Waals surface area contributed by atoms with E-state index in [0.29, 0.717) is 17.7 Å². The van der Waals surface area contributed by atoms with Crippen LogP contribution in [-0.4, -0.2) is 17.6 Å². The van der Waals surface area contributed by atoms with Gasteiger partial charge in [0.2, 0.25) is 0 Å². The van der Waals surface area contributed by atoms with Crippen LogP contribution >= 0.6 is 11.3 Å². The molecule has 1 aromatic carbocycles. The van der Waals surface area contributed by atoms with E-state index in [9.17, 15) is 23.1 Å². The molecular formula is C13H10F3NO2S. The Kier molecular flexibility index (Phi) is 4.41. The number of rotatable bonds is 4. The van der Waals surface area contributed by atoms with Gasteiger partial charge in [0.1, 0.15) is 0 Å². The quantitative estimate of drug-likeness (QED) is 0.853. The van der Waals surface area contributed by atoms with E-state index in [1.807, 2.05) is 0 Å². The van der Waals surface area contributed by atoms with Crippen molar-refractivity contribution in [3.63, 3.8) is 0 Å². The minimum Gasteiger partial charge on any atom is -0.387 e. The largest absolute Gasteiger partial charge is 0.387 e. The second-order valence-electron chi connectivity index (χ2n) is 4.04. The Balaban J connectivity index is 2.02. The summed E-state index contributed by atoms with van der Waals surface area (Å²) in [5.41, 5.74) is 0.283. The number of amides is 1. The van der Waals surface area contributed by atoms with Gasteiger partial charge in [0.25, 0.3) is 5.91 Å². The molecule has 2 aromatic rings. The van der Waals surface area contributed by atoms with Gasteiger partial charge in [-0.3, -0.25) is 4.79 Å². The summed E-state index contributed by atoms with van der Waals surface area (Å²) in [6.07, 6.45) is -0.916. The van der Waals surface area contributed by atoms with Gasteiger partial charge in [-0.1, -0.05) is 0 Å². The molecule has 0 fully saturated rings. The molecule has 0 radical (unpaired) electrons. The Bertz CT molecular complexity index is 593. The fraction of sp³-hybridized carbons (Fsp3) is 0.154. The van der Waals surface area contributed by atoms with Crippen LogP contribution in [0.1, 0.15) is 22.0 Å². The zero-order chi connectivity index (χ0) is 14.7. The maximum Gasteiger partial charge on any atom is 0.251 e. The highest BCUT2D eigenvalue weighted by Gasteiger charge is 2.16. The first-order valence-corrected chi connectivity index (χ1v) is 6.56. The fourth-order valence-electron chi connectivity index (χ4n) is 1.56. The number of benzene rings is 1. The van der Waals surface area contributed by atoms with E-state index >= 15 is 0 Å². The summed E-state index contributed by atoms with van der Waals surface area (Å²) < 4.78 is 38.7. The molecular weight excluding hydrogens is 291 g/mol. The van der Waals surface area contributed by atoms with Crippen LogP contribution in [0.4, 0.5) is 13.2 Å². The molecule has 0 saturated heterocycles. The van der Waals surface area contributed by atoms with Crippen LogP contribution < -0.4 is 5.32 Å². The molecule has 3 nitrogen and oxygen atoms in total. The molecule has 0 aliphatic heterocycles. The van der Waals surface area contributed by atoms with Crippen molar-refractivity contribution in [3.05, 3.63) is 57.5 Å². The van der Waals surface area contributed by atoms with E-state index in [1.54, 1.807) is 16.8 Å². The Labute approximate surface area is 116 Å². The number of halogens is 3. The van der Waals surface area contributed by atoms with E-state index in [0.717, 1.165) is 0 Å². The third kappa shape index (κ3) is 3.17. The van der Waals surface area contributed by atoms with Crippen LogP contribution in [0.15, 0.2) is 29.0 Å². The summed E-state index contributed by atoms with van der Waals surface area (Å²) in [6.45, 7) is -0.115. The first-order chi connectivity index (χ1) is 9.49. The SMILES string of the molecule is O=C(NC[C@H](O)c1ccsc1)c1cc(F)c(F)c(F)c1. The number of aliphatic hydroxyl groups is 1. The molecule has 1 heterocycles. The molecule has 7 heteroatoms. The van der Waals surface area contributed by atoms with Crippen molar-refractivity contribution in [1.29, 1.82) is 0 Å². The number of hydrogen-bond acceptors (Lipinski definition) is 3. The third-order valence-corrected chi connectivity index (χ3v) is 3.33. The lowest BCUT2D eigenvalue weighted by molar-refractivity contribution is 0.0915. The number of thiophene rings is 1. The monoisotopic (exact) mass is 301 g/mol. The highest BCUT2D eigenvalue weighted by molar-refractivity contribution is 7.07. The molecule has 0 aliphatic carbocycles. The van der Waals surface area contributed by atoms with Gasteiger partial charge in [0.05, 0.1) is 6.10 Å². The zero-order valence-corrected chi connectivity index (χ0v) is 10.9. The maximum atomic E-state index is 13.0. The van der Waals surface area contributed by atoms with Crippen LogP contribution in [0.25, 0.3) is 0 Å². The zero-order valence-electron chi connectivity index (χ0n) is 10.1. The van der Waals surface area contributed by atoms with E-state index in [1.165, 1.54) is 11.3 Å². The number of carbonyl (C=O) groups is 1. The first kappa shape index (κ1) is 14.5. The molecule has 0 saturated carbocycles. The highest BCUT2D eigenvalue weighted by atomic mass is 32.1. The normalized spacial score (nSPS) is 12.2. The number of hydrogen-bond donors (Lipinski definition) is 2. The molecule has 1 atom stereocenters. The van der Waals surface area contributed by atoms with Crippen molar-refractivity contribution in [2.24, 2.45) is 0 Å². The minimum atomic E-state index is -1.63. The van der Waals surface area contributed by atoms with Crippen molar-refractivity contribution in [1.82, 2.24) is 5.32 Å². The minimum absolute atomic E-state index is 0.115. The Morgan fingerprint density at radius 2 is 1.95 bits per heavy atom. The van der Waals surface area contributed by atoms with Gasteiger partial charge in [-0.2, -0.15) is 11.3 Å². The Morgan fingerprint density at radius 1 is 1.30 bits per heavy atom. The van der Waals surface area contributed by atoms with Gasteiger partial charge in [-0.05, 0) is 34.5 Å². The van der Waals surface area contributed by atoms with Crippen molar-refractivity contribution in [2.75, 3.05) is 6.54 Å². The summed E-state index contributed by atoms with van der Waals surface area (Å²) in [6, 6.07) is 2.90. The second-order valence-corrected chi connectivity index (χ2v) is 4.82. The standard InChI is InChI=1S/C13H10F3NO2S/c14-9-3-8(4-10(15)12(9)16)13(19)17-5-11(18)7-1-2-20-6-7/h1-4,6,11,18H,5H2,(H,17,19)/t11-/m0/s1. The average Bonchev–Trinajstić information content (AvgIpc) is 2.95. The van der Waals surface area contributed by atoms with Crippen molar-refractivity contribution in [3.8, 4) is 0 Å². The van der Waals surface area contributed by atoms with E-state index in [2.05, 4.69) is 5.32 Å². The molecule has 106 valence electrons. The average molecular weight is 301 g/mol. The Morgan fingerprint density at radius 3 is 2.50 bits per heavy atom. The van der Waals surface area contributed by atoms with Gasteiger partial charge in [0.15, 0.2) is 17.5 Å². The number of nitrogens with one attached hydrogen (secondary N) is 1. The van der Waals surface area contributed by atoms with Crippen molar-refractivity contribution in [2.45, 2.75) is 6.10 Å². The topological polar surface area (TPSA) is 49.3 Å². The molecule has 1 amide bonds. The van der Waals surface area contributed by atoms with Crippen molar-refractivity contribution < 1.29 is 23.1 Å². The molecule has 0 unspecified atom stereocenters. The Hall–Kier alpha value is -1.86. The lowest BCUT2D eigenvalue weighted by Gasteiger charge is -2.10. The van der Waals surface area contributed by atoms with Gasteiger partial charge < -0.3 is 10.4 Å². The molecule has 0 aliphatic rings. The summed E-state index contributed by atoms with van der Waals surface area (Å²) in [5.74, 6) is -5.29. The van der Waals surface area contributed by atoms with Crippen LogP contribution in [0, 0.1) is 17.5 Å². The summed E-state index contributed by atoms with van der Waals surface area (Å²) in [5, 5.41) is 15.5. The van der Waals surface area contributed by atoms with Gasteiger partial charge in [0, 0.05) is 12.1 Å². The molecule has 0 bridgehead atoms. The van der Waals surface area contributed by atoms with Crippen LogP contribution in [0.2, 0.25) is 0 Å².